The van der Waals surface area contributed by atoms with Crippen LogP contribution in [-0.2, 0) is 6.42 Å². The molecule has 0 bridgehead atoms. The molecule has 1 atom stereocenters. The van der Waals surface area contributed by atoms with E-state index in [-0.39, 0.29) is 6.04 Å². The fourth-order valence-corrected chi connectivity index (χ4v) is 3.30. The maximum atomic E-state index is 6.26. The van der Waals surface area contributed by atoms with Gasteiger partial charge in [0, 0.05) is 11.8 Å². The summed E-state index contributed by atoms with van der Waals surface area (Å²) >= 11 is 1.97. The Morgan fingerprint density at radius 1 is 1.00 bits per heavy atom. The quantitative estimate of drug-likeness (QED) is 0.857. The highest BCUT2D eigenvalue weighted by atomic mass is 32.2. The number of rotatable bonds is 6. The minimum absolute atomic E-state index is 0.245. The number of thioether (sulfide) groups is 1. The van der Waals surface area contributed by atoms with Gasteiger partial charge in [-0.1, -0.05) is 56.3 Å². The highest BCUT2D eigenvalue weighted by molar-refractivity contribution is 7.99. The Labute approximate surface area is 120 Å². The van der Waals surface area contributed by atoms with Gasteiger partial charge in [-0.2, -0.15) is 11.8 Å². The smallest absolute Gasteiger partial charge is 0.0171 e. The first-order valence-corrected chi connectivity index (χ1v) is 8.12. The molecule has 2 aromatic rings. The summed E-state index contributed by atoms with van der Waals surface area (Å²) in [5.41, 5.74) is 7.63. The lowest BCUT2D eigenvalue weighted by Gasteiger charge is -2.14. The van der Waals surface area contributed by atoms with Gasteiger partial charge in [0.15, 0.2) is 0 Å². The number of benzene rings is 2. The lowest BCUT2D eigenvalue weighted by molar-refractivity contribution is 0.733. The standard InChI is InChI=1S/C17H23NS/c1-13(2)11-19-12-16(18)10-15-8-5-7-14-6-3-4-9-17(14)15/h3-9,13,16H,10-12,18H2,1-2H3. The second kappa shape index (κ2) is 6.97. The molecular formula is C17H23NS. The highest BCUT2D eigenvalue weighted by Gasteiger charge is 2.07. The molecule has 0 heterocycles. The summed E-state index contributed by atoms with van der Waals surface area (Å²) in [7, 11) is 0. The minimum Gasteiger partial charge on any atom is -0.327 e. The van der Waals surface area contributed by atoms with Crippen molar-refractivity contribution in [3.8, 4) is 0 Å². The van der Waals surface area contributed by atoms with Crippen molar-refractivity contribution >= 4 is 22.5 Å². The zero-order valence-electron chi connectivity index (χ0n) is 11.8. The Balaban J connectivity index is 2.00. The van der Waals surface area contributed by atoms with Crippen molar-refractivity contribution in [1.29, 1.82) is 0 Å². The molecule has 1 unspecified atom stereocenters. The van der Waals surface area contributed by atoms with E-state index in [9.17, 15) is 0 Å². The number of hydrogen-bond acceptors (Lipinski definition) is 2. The second-order valence-electron chi connectivity index (χ2n) is 5.53. The van der Waals surface area contributed by atoms with Gasteiger partial charge in [0.25, 0.3) is 0 Å². The van der Waals surface area contributed by atoms with Crippen molar-refractivity contribution in [2.75, 3.05) is 11.5 Å². The fraction of sp³-hybridized carbons (Fsp3) is 0.412. The minimum atomic E-state index is 0.245. The van der Waals surface area contributed by atoms with Crippen LogP contribution in [0.2, 0.25) is 0 Å². The SMILES string of the molecule is CC(C)CSCC(N)Cc1cccc2ccccc12. The lowest BCUT2D eigenvalue weighted by Crippen LogP contribution is -2.26. The molecule has 0 radical (unpaired) electrons. The van der Waals surface area contributed by atoms with Gasteiger partial charge in [-0.15, -0.1) is 0 Å². The molecular weight excluding hydrogens is 250 g/mol. The molecule has 1 nitrogen and oxygen atoms in total. The van der Waals surface area contributed by atoms with E-state index in [1.165, 1.54) is 22.1 Å². The van der Waals surface area contributed by atoms with Crippen LogP contribution in [0.1, 0.15) is 19.4 Å². The first kappa shape index (κ1) is 14.4. The Hall–Kier alpha value is -0.990. The Kier molecular flexibility index (Phi) is 5.29. The number of fused-ring (bicyclic) bond motifs is 1. The van der Waals surface area contributed by atoms with Crippen molar-refractivity contribution < 1.29 is 0 Å². The van der Waals surface area contributed by atoms with Crippen LogP contribution < -0.4 is 5.73 Å². The van der Waals surface area contributed by atoms with Crippen LogP contribution in [-0.4, -0.2) is 17.5 Å². The molecule has 102 valence electrons. The van der Waals surface area contributed by atoms with Crippen molar-refractivity contribution in [3.05, 3.63) is 48.0 Å². The largest absolute Gasteiger partial charge is 0.327 e. The molecule has 0 fully saturated rings. The van der Waals surface area contributed by atoms with Gasteiger partial charge in [0.1, 0.15) is 0 Å². The molecule has 2 rings (SSSR count). The van der Waals surface area contributed by atoms with Crippen LogP contribution in [0.4, 0.5) is 0 Å². The monoisotopic (exact) mass is 273 g/mol. The van der Waals surface area contributed by atoms with E-state index >= 15 is 0 Å². The molecule has 0 amide bonds. The molecule has 2 heteroatoms. The van der Waals surface area contributed by atoms with E-state index in [1.54, 1.807) is 0 Å². The van der Waals surface area contributed by atoms with E-state index in [2.05, 4.69) is 56.3 Å². The average Bonchev–Trinajstić information content (AvgIpc) is 2.39. The predicted molar refractivity (Wildman–Crippen MR) is 87.8 cm³/mol. The summed E-state index contributed by atoms with van der Waals surface area (Å²) in [5.74, 6) is 2.99. The Morgan fingerprint density at radius 3 is 2.53 bits per heavy atom. The van der Waals surface area contributed by atoms with Gasteiger partial charge in [-0.25, -0.2) is 0 Å². The summed E-state index contributed by atoms with van der Waals surface area (Å²) in [6.45, 7) is 4.51. The van der Waals surface area contributed by atoms with Crippen LogP contribution in [0.25, 0.3) is 10.8 Å². The normalized spacial score (nSPS) is 13.1. The van der Waals surface area contributed by atoms with E-state index in [0.29, 0.717) is 0 Å². The Morgan fingerprint density at radius 2 is 1.74 bits per heavy atom. The zero-order chi connectivity index (χ0) is 13.7. The first-order chi connectivity index (χ1) is 9.16. The van der Waals surface area contributed by atoms with Gasteiger partial charge < -0.3 is 5.73 Å². The maximum Gasteiger partial charge on any atom is 0.0171 e. The molecule has 2 aromatic carbocycles. The average molecular weight is 273 g/mol. The van der Waals surface area contributed by atoms with Crippen LogP contribution in [0.5, 0.6) is 0 Å². The molecule has 19 heavy (non-hydrogen) atoms. The van der Waals surface area contributed by atoms with Gasteiger partial charge in [-0.3, -0.25) is 0 Å². The molecule has 2 N–H and O–H groups in total. The van der Waals surface area contributed by atoms with Gasteiger partial charge in [0.2, 0.25) is 0 Å². The third kappa shape index (κ3) is 4.26. The molecule has 0 aliphatic rings. The lowest BCUT2D eigenvalue weighted by atomic mass is 10.00. The predicted octanol–water partition coefficient (Wildman–Crippen LogP) is 4.10. The highest BCUT2D eigenvalue weighted by Crippen LogP contribution is 2.20. The van der Waals surface area contributed by atoms with E-state index in [4.69, 9.17) is 5.73 Å². The van der Waals surface area contributed by atoms with Crippen LogP contribution in [0.15, 0.2) is 42.5 Å². The van der Waals surface area contributed by atoms with Gasteiger partial charge in [-0.05, 0) is 34.4 Å². The van der Waals surface area contributed by atoms with Crippen molar-refractivity contribution in [2.24, 2.45) is 11.7 Å². The van der Waals surface area contributed by atoms with Crippen LogP contribution in [0.3, 0.4) is 0 Å². The van der Waals surface area contributed by atoms with E-state index in [1.807, 2.05) is 11.8 Å². The summed E-state index contributed by atoms with van der Waals surface area (Å²) in [4.78, 5) is 0. The second-order valence-corrected chi connectivity index (χ2v) is 6.61. The van der Waals surface area contributed by atoms with Crippen LogP contribution in [0, 0.1) is 5.92 Å². The van der Waals surface area contributed by atoms with Gasteiger partial charge >= 0.3 is 0 Å². The molecule has 0 aliphatic heterocycles. The third-order valence-corrected chi connectivity index (χ3v) is 4.71. The van der Waals surface area contributed by atoms with Crippen molar-refractivity contribution in [2.45, 2.75) is 26.3 Å². The summed E-state index contributed by atoms with van der Waals surface area (Å²) in [6, 6.07) is 15.3. The maximum absolute atomic E-state index is 6.26. The molecule has 0 aliphatic carbocycles. The summed E-state index contributed by atoms with van der Waals surface area (Å²) < 4.78 is 0. The molecule has 0 aromatic heterocycles. The molecule has 0 saturated heterocycles. The van der Waals surface area contributed by atoms with Crippen molar-refractivity contribution in [3.63, 3.8) is 0 Å². The first-order valence-electron chi connectivity index (χ1n) is 6.97. The Bertz CT molecular complexity index is 516. The number of nitrogens with two attached hydrogens (primary N) is 1. The summed E-state index contributed by atoms with van der Waals surface area (Å²) in [5, 5.41) is 2.65. The summed E-state index contributed by atoms with van der Waals surface area (Å²) in [6.07, 6.45) is 0.965. The van der Waals surface area contributed by atoms with Gasteiger partial charge in [0.05, 0.1) is 0 Å². The number of hydrogen-bond donors (Lipinski definition) is 1. The van der Waals surface area contributed by atoms with Crippen molar-refractivity contribution in [1.82, 2.24) is 0 Å². The van der Waals surface area contributed by atoms with Crippen LogP contribution >= 0.6 is 11.8 Å². The van der Waals surface area contributed by atoms with E-state index < -0.39 is 0 Å². The zero-order valence-corrected chi connectivity index (χ0v) is 12.6. The topological polar surface area (TPSA) is 26.0 Å². The van der Waals surface area contributed by atoms with E-state index in [0.717, 1.165) is 18.1 Å². The third-order valence-electron chi connectivity index (χ3n) is 3.15. The fourth-order valence-electron chi connectivity index (χ4n) is 2.27. The molecule has 0 saturated carbocycles. The molecule has 0 spiro atoms.